The molecule has 0 aliphatic carbocycles. The topological polar surface area (TPSA) is 91.1 Å². The van der Waals surface area contributed by atoms with Gasteiger partial charge < -0.3 is 24.8 Å². The normalized spacial score (nSPS) is 20.3. The Morgan fingerprint density at radius 1 is 1.33 bits per heavy atom. The average Bonchev–Trinajstić information content (AvgIpc) is 2.68. The number of anilines is 1. The van der Waals surface area contributed by atoms with Crippen molar-refractivity contribution in [2.24, 2.45) is 5.92 Å². The molecule has 0 aromatic heterocycles. The summed E-state index contributed by atoms with van der Waals surface area (Å²) in [7, 11) is 1.30. The van der Waals surface area contributed by atoms with Crippen LogP contribution in [-0.2, 0) is 9.53 Å². The summed E-state index contributed by atoms with van der Waals surface area (Å²) in [5.74, 6) is 0.587. The quantitative estimate of drug-likeness (QED) is 0.604. The molecule has 1 aromatic rings. The van der Waals surface area contributed by atoms with E-state index in [2.05, 4.69) is 4.90 Å². The van der Waals surface area contributed by atoms with Crippen molar-refractivity contribution in [1.29, 1.82) is 0 Å². The average molecular weight is 397 g/mol. The SMILES string of the molecule is COC(=O)c1cc(Cl)c(N)c2c1OCC(C1CCN(CCC(C)=O)CC1)O2. The van der Waals surface area contributed by atoms with Crippen molar-refractivity contribution in [1.82, 2.24) is 4.90 Å². The third-order valence-corrected chi connectivity index (χ3v) is 5.54. The number of nitrogens with two attached hydrogens (primary N) is 1. The van der Waals surface area contributed by atoms with Gasteiger partial charge in [0, 0.05) is 18.9 Å². The summed E-state index contributed by atoms with van der Waals surface area (Å²) >= 11 is 6.16. The Kier molecular flexibility index (Phi) is 6.11. The first-order valence-corrected chi connectivity index (χ1v) is 9.50. The van der Waals surface area contributed by atoms with Gasteiger partial charge in [-0.15, -0.1) is 0 Å². The van der Waals surface area contributed by atoms with E-state index in [1.165, 1.54) is 13.2 Å². The van der Waals surface area contributed by atoms with Crippen LogP contribution in [0.25, 0.3) is 0 Å². The van der Waals surface area contributed by atoms with Crippen molar-refractivity contribution in [2.75, 3.05) is 39.1 Å². The fourth-order valence-electron chi connectivity index (χ4n) is 3.59. The van der Waals surface area contributed by atoms with Crippen LogP contribution in [0.1, 0.15) is 36.5 Å². The van der Waals surface area contributed by atoms with Crippen molar-refractivity contribution in [3.8, 4) is 11.5 Å². The van der Waals surface area contributed by atoms with E-state index in [-0.39, 0.29) is 28.2 Å². The number of Topliss-reactive ketones (excluding diaryl/α,β-unsaturated/α-hetero) is 1. The van der Waals surface area contributed by atoms with Gasteiger partial charge in [0.15, 0.2) is 11.5 Å². The number of ketones is 1. The first-order chi connectivity index (χ1) is 12.9. The van der Waals surface area contributed by atoms with Gasteiger partial charge in [-0.1, -0.05) is 11.6 Å². The lowest BCUT2D eigenvalue weighted by atomic mass is 9.90. The number of ether oxygens (including phenoxy) is 3. The number of hydrogen-bond acceptors (Lipinski definition) is 7. The van der Waals surface area contributed by atoms with E-state index in [0.29, 0.717) is 30.4 Å². The van der Waals surface area contributed by atoms with E-state index in [1.54, 1.807) is 6.92 Å². The second-order valence-electron chi connectivity index (χ2n) is 7.07. The smallest absolute Gasteiger partial charge is 0.341 e. The van der Waals surface area contributed by atoms with Gasteiger partial charge >= 0.3 is 5.97 Å². The van der Waals surface area contributed by atoms with E-state index in [0.717, 1.165) is 32.5 Å². The van der Waals surface area contributed by atoms with Crippen molar-refractivity contribution in [2.45, 2.75) is 32.3 Å². The van der Waals surface area contributed by atoms with Crippen LogP contribution in [0.5, 0.6) is 11.5 Å². The van der Waals surface area contributed by atoms with Crippen molar-refractivity contribution >= 4 is 29.0 Å². The maximum absolute atomic E-state index is 12.0. The zero-order valence-corrected chi connectivity index (χ0v) is 16.4. The van der Waals surface area contributed by atoms with Gasteiger partial charge in [-0.2, -0.15) is 0 Å². The number of esters is 1. The highest BCUT2D eigenvalue weighted by Crippen LogP contribution is 2.45. The zero-order valence-electron chi connectivity index (χ0n) is 15.6. The maximum Gasteiger partial charge on any atom is 0.341 e. The molecular weight excluding hydrogens is 372 g/mol. The number of halogens is 1. The molecule has 27 heavy (non-hydrogen) atoms. The van der Waals surface area contributed by atoms with Crippen LogP contribution in [0.2, 0.25) is 5.02 Å². The minimum absolute atomic E-state index is 0.154. The Hall–Kier alpha value is -1.99. The van der Waals surface area contributed by atoms with Crippen LogP contribution in [0.3, 0.4) is 0 Å². The number of fused-ring (bicyclic) bond motifs is 1. The molecule has 1 aromatic carbocycles. The second kappa shape index (κ2) is 8.35. The number of carbonyl (C=O) groups excluding carboxylic acids is 2. The lowest BCUT2D eigenvalue weighted by Crippen LogP contribution is -2.44. The molecule has 2 aliphatic heterocycles. The minimum atomic E-state index is -0.547. The van der Waals surface area contributed by atoms with Gasteiger partial charge in [0.1, 0.15) is 24.1 Å². The number of nitrogen functional groups attached to an aromatic ring is 1. The van der Waals surface area contributed by atoms with Gasteiger partial charge in [0.25, 0.3) is 0 Å². The number of piperidine rings is 1. The molecule has 0 radical (unpaired) electrons. The van der Waals surface area contributed by atoms with Crippen molar-refractivity contribution in [3.05, 3.63) is 16.7 Å². The van der Waals surface area contributed by atoms with Crippen LogP contribution in [0, 0.1) is 5.92 Å². The molecule has 1 unspecified atom stereocenters. The number of carbonyl (C=O) groups is 2. The number of benzene rings is 1. The molecule has 3 rings (SSSR count). The van der Waals surface area contributed by atoms with Crippen LogP contribution in [0.15, 0.2) is 6.07 Å². The summed E-state index contributed by atoms with van der Waals surface area (Å²) in [6.07, 6.45) is 2.34. The van der Waals surface area contributed by atoms with Gasteiger partial charge in [0.05, 0.1) is 17.8 Å². The second-order valence-corrected chi connectivity index (χ2v) is 7.48. The van der Waals surface area contributed by atoms with Crippen molar-refractivity contribution in [3.63, 3.8) is 0 Å². The van der Waals surface area contributed by atoms with E-state index in [1.807, 2.05) is 0 Å². The first kappa shape index (κ1) is 19.8. The number of nitrogens with zero attached hydrogens (tertiary/aromatic N) is 1. The standard InChI is InChI=1S/C19H25ClN2O5/c1-11(23)3-6-22-7-4-12(5-8-22)15-10-26-17-13(19(24)25-2)9-14(20)16(21)18(17)27-15/h9,12,15H,3-8,10,21H2,1-2H3. The zero-order chi connectivity index (χ0) is 19.6. The van der Waals surface area contributed by atoms with E-state index >= 15 is 0 Å². The Labute approximate surface area is 163 Å². The van der Waals surface area contributed by atoms with E-state index in [9.17, 15) is 9.59 Å². The Balaban J connectivity index is 1.69. The molecule has 2 aliphatic rings. The van der Waals surface area contributed by atoms with Gasteiger partial charge in [-0.05, 0) is 38.9 Å². The molecule has 2 heterocycles. The molecule has 0 bridgehead atoms. The molecular formula is C19H25ClN2O5. The summed E-state index contributed by atoms with van der Waals surface area (Å²) in [6.45, 7) is 4.61. The molecule has 148 valence electrons. The molecule has 0 spiro atoms. The molecule has 2 N–H and O–H groups in total. The van der Waals surface area contributed by atoms with Crippen LogP contribution in [-0.4, -0.2) is 56.1 Å². The van der Waals surface area contributed by atoms with E-state index in [4.69, 9.17) is 31.5 Å². The Bertz CT molecular complexity index is 731. The van der Waals surface area contributed by atoms with Crippen molar-refractivity contribution < 1.29 is 23.8 Å². The summed E-state index contributed by atoms with van der Waals surface area (Å²) in [5, 5.41) is 0.234. The predicted molar refractivity (Wildman–Crippen MR) is 102 cm³/mol. The highest BCUT2D eigenvalue weighted by atomic mass is 35.5. The van der Waals surface area contributed by atoms with Crippen LogP contribution in [0.4, 0.5) is 5.69 Å². The molecule has 1 fully saturated rings. The maximum atomic E-state index is 12.0. The molecule has 1 atom stereocenters. The summed E-state index contributed by atoms with van der Waals surface area (Å²) < 4.78 is 16.8. The minimum Gasteiger partial charge on any atom is -0.485 e. The number of methoxy groups -OCH3 is 1. The van der Waals surface area contributed by atoms with Gasteiger partial charge in [0.2, 0.25) is 0 Å². The fraction of sp³-hybridized carbons (Fsp3) is 0.579. The lowest BCUT2D eigenvalue weighted by molar-refractivity contribution is -0.117. The molecule has 0 amide bonds. The lowest BCUT2D eigenvalue weighted by Gasteiger charge is -2.38. The largest absolute Gasteiger partial charge is 0.485 e. The Morgan fingerprint density at radius 3 is 2.67 bits per heavy atom. The molecule has 0 saturated carbocycles. The monoisotopic (exact) mass is 396 g/mol. The fourth-order valence-corrected chi connectivity index (χ4v) is 3.79. The Morgan fingerprint density at radius 2 is 2.04 bits per heavy atom. The highest BCUT2D eigenvalue weighted by Gasteiger charge is 2.35. The summed E-state index contributed by atoms with van der Waals surface area (Å²) in [6, 6.07) is 1.44. The van der Waals surface area contributed by atoms with Crippen LogP contribution >= 0.6 is 11.6 Å². The van der Waals surface area contributed by atoms with Crippen LogP contribution < -0.4 is 15.2 Å². The molecule has 7 nitrogen and oxygen atoms in total. The molecule has 8 heteroatoms. The summed E-state index contributed by atoms with van der Waals surface area (Å²) in [5.41, 5.74) is 6.55. The van der Waals surface area contributed by atoms with E-state index < -0.39 is 5.97 Å². The highest BCUT2D eigenvalue weighted by molar-refractivity contribution is 6.34. The third-order valence-electron chi connectivity index (χ3n) is 5.23. The summed E-state index contributed by atoms with van der Waals surface area (Å²) in [4.78, 5) is 25.4. The first-order valence-electron chi connectivity index (χ1n) is 9.12. The predicted octanol–water partition coefficient (Wildman–Crippen LogP) is 2.54. The molecule has 1 saturated heterocycles. The number of likely N-dealkylation sites (tertiary alicyclic amines) is 1. The van der Waals surface area contributed by atoms with Gasteiger partial charge in [-0.3, -0.25) is 4.79 Å². The number of rotatable bonds is 5. The number of hydrogen-bond donors (Lipinski definition) is 1. The van der Waals surface area contributed by atoms with Gasteiger partial charge in [-0.25, -0.2) is 4.79 Å². The third kappa shape index (κ3) is 4.30.